The molecule has 2 unspecified atom stereocenters. The molecule has 1 aromatic heterocycles. The van der Waals surface area contributed by atoms with Crippen molar-refractivity contribution in [2.24, 2.45) is 11.1 Å². The van der Waals surface area contributed by atoms with Gasteiger partial charge in [-0.25, -0.2) is 0 Å². The van der Waals surface area contributed by atoms with Crippen molar-refractivity contribution in [2.45, 2.75) is 39.2 Å². The number of nitrogens with zero attached hydrogens (tertiary/aromatic N) is 1. The van der Waals surface area contributed by atoms with Gasteiger partial charge in [0.25, 0.3) is 0 Å². The third-order valence-electron chi connectivity index (χ3n) is 3.46. The molecule has 1 aromatic rings. The van der Waals surface area contributed by atoms with E-state index in [0.717, 1.165) is 12.0 Å². The minimum Gasteiger partial charge on any atom is -0.392 e. The smallest absolute Gasteiger partial charge is 0.0672 e. The summed E-state index contributed by atoms with van der Waals surface area (Å²) < 4.78 is 0. The number of hydrogen-bond donors (Lipinski definition) is 2. The van der Waals surface area contributed by atoms with Gasteiger partial charge in [-0.05, 0) is 23.5 Å². The quantitative estimate of drug-likeness (QED) is 0.800. The van der Waals surface area contributed by atoms with Crippen molar-refractivity contribution in [3.63, 3.8) is 0 Å². The molecule has 90 valence electrons. The van der Waals surface area contributed by atoms with Crippen LogP contribution in [0.3, 0.4) is 0 Å². The molecular weight excluding hydrogens is 200 g/mol. The minimum absolute atomic E-state index is 0.0383. The third kappa shape index (κ3) is 2.80. The Labute approximate surface area is 97.7 Å². The summed E-state index contributed by atoms with van der Waals surface area (Å²) in [4.78, 5) is 4.08. The third-order valence-corrected chi connectivity index (χ3v) is 3.46. The van der Waals surface area contributed by atoms with Crippen LogP contribution in [-0.4, -0.2) is 22.7 Å². The highest BCUT2D eigenvalue weighted by molar-refractivity contribution is 5.17. The molecule has 3 nitrogen and oxygen atoms in total. The first-order chi connectivity index (χ1) is 7.53. The fraction of sp³-hybridized carbons (Fsp3) is 0.615. The molecular formula is C13H22N2O. The molecule has 0 bridgehead atoms. The summed E-state index contributed by atoms with van der Waals surface area (Å²) >= 11 is 0. The molecule has 0 saturated carbocycles. The van der Waals surface area contributed by atoms with Crippen LogP contribution in [0.1, 0.15) is 38.7 Å². The van der Waals surface area contributed by atoms with Crippen LogP contribution in [0.2, 0.25) is 0 Å². The first-order valence-electron chi connectivity index (χ1n) is 5.81. The molecule has 0 aliphatic carbocycles. The highest BCUT2D eigenvalue weighted by Crippen LogP contribution is 2.33. The van der Waals surface area contributed by atoms with E-state index in [1.165, 1.54) is 0 Å². The second-order valence-corrected chi connectivity index (χ2v) is 4.92. The Morgan fingerprint density at radius 3 is 2.62 bits per heavy atom. The van der Waals surface area contributed by atoms with Gasteiger partial charge in [0.2, 0.25) is 0 Å². The van der Waals surface area contributed by atoms with E-state index in [1.807, 2.05) is 12.1 Å². The van der Waals surface area contributed by atoms with E-state index >= 15 is 0 Å². The molecule has 0 spiro atoms. The van der Waals surface area contributed by atoms with Crippen LogP contribution in [0.4, 0.5) is 0 Å². The Morgan fingerprint density at radius 2 is 2.19 bits per heavy atom. The van der Waals surface area contributed by atoms with Crippen LogP contribution >= 0.6 is 0 Å². The molecule has 0 aliphatic rings. The van der Waals surface area contributed by atoms with E-state index in [4.69, 9.17) is 5.73 Å². The second-order valence-electron chi connectivity index (χ2n) is 4.92. The highest BCUT2D eigenvalue weighted by Gasteiger charge is 2.32. The van der Waals surface area contributed by atoms with Gasteiger partial charge in [0.1, 0.15) is 0 Å². The summed E-state index contributed by atoms with van der Waals surface area (Å²) in [7, 11) is 0. The number of nitrogens with two attached hydrogens (primary N) is 1. The van der Waals surface area contributed by atoms with E-state index in [0.29, 0.717) is 6.54 Å². The Hall–Kier alpha value is -0.930. The lowest BCUT2D eigenvalue weighted by Gasteiger charge is -2.34. The van der Waals surface area contributed by atoms with Crippen LogP contribution < -0.4 is 5.73 Å². The summed E-state index contributed by atoms with van der Waals surface area (Å²) in [5, 5.41) is 10.4. The average Bonchev–Trinajstić information content (AvgIpc) is 2.31. The van der Waals surface area contributed by atoms with Crippen LogP contribution in [0.5, 0.6) is 0 Å². The number of rotatable bonds is 5. The van der Waals surface area contributed by atoms with Crippen molar-refractivity contribution >= 4 is 0 Å². The van der Waals surface area contributed by atoms with Gasteiger partial charge in [0, 0.05) is 24.9 Å². The summed E-state index contributed by atoms with van der Waals surface area (Å²) in [6, 6.07) is 3.85. The molecule has 16 heavy (non-hydrogen) atoms. The average molecular weight is 222 g/mol. The van der Waals surface area contributed by atoms with E-state index in [1.54, 1.807) is 12.4 Å². The van der Waals surface area contributed by atoms with Gasteiger partial charge in [-0.3, -0.25) is 4.98 Å². The Bertz CT molecular complexity index is 311. The number of aromatic nitrogens is 1. The van der Waals surface area contributed by atoms with Gasteiger partial charge >= 0.3 is 0 Å². The maximum Gasteiger partial charge on any atom is 0.0672 e. The molecule has 1 heterocycles. The number of pyridine rings is 1. The van der Waals surface area contributed by atoms with Crippen molar-refractivity contribution in [1.82, 2.24) is 4.98 Å². The Kier molecular flexibility index (Phi) is 4.44. The number of hydrogen-bond acceptors (Lipinski definition) is 3. The summed E-state index contributed by atoms with van der Waals surface area (Å²) in [6.07, 6.45) is 4.00. The first kappa shape index (κ1) is 13.1. The SMILES string of the molecule is CCC(C)(C)C(O)C(CN)c1cccnc1. The molecule has 0 saturated heterocycles. The Balaban J connectivity index is 2.91. The topological polar surface area (TPSA) is 59.1 Å². The van der Waals surface area contributed by atoms with Gasteiger partial charge < -0.3 is 10.8 Å². The van der Waals surface area contributed by atoms with Crippen LogP contribution in [0.15, 0.2) is 24.5 Å². The zero-order valence-corrected chi connectivity index (χ0v) is 10.4. The zero-order chi connectivity index (χ0) is 12.2. The van der Waals surface area contributed by atoms with E-state index in [-0.39, 0.29) is 11.3 Å². The fourth-order valence-electron chi connectivity index (χ4n) is 1.80. The zero-order valence-electron chi connectivity index (χ0n) is 10.4. The minimum atomic E-state index is -0.438. The van der Waals surface area contributed by atoms with Gasteiger partial charge in [0.05, 0.1) is 6.10 Å². The monoisotopic (exact) mass is 222 g/mol. The van der Waals surface area contributed by atoms with Crippen molar-refractivity contribution in [3.05, 3.63) is 30.1 Å². The Morgan fingerprint density at radius 1 is 1.50 bits per heavy atom. The van der Waals surface area contributed by atoms with Gasteiger partial charge in [-0.2, -0.15) is 0 Å². The maximum absolute atomic E-state index is 10.4. The fourth-order valence-corrected chi connectivity index (χ4v) is 1.80. The summed E-state index contributed by atoms with van der Waals surface area (Å²) in [5.74, 6) is -0.0383. The molecule has 2 atom stereocenters. The first-order valence-corrected chi connectivity index (χ1v) is 5.81. The van der Waals surface area contributed by atoms with E-state index in [2.05, 4.69) is 25.8 Å². The summed E-state index contributed by atoms with van der Waals surface area (Å²) in [5.41, 5.74) is 6.66. The largest absolute Gasteiger partial charge is 0.392 e. The van der Waals surface area contributed by atoms with Crippen molar-refractivity contribution in [3.8, 4) is 0 Å². The van der Waals surface area contributed by atoms with Crippen molar-refractivity contribution in [1.29, 1.82) is 0 Å². The second kappa shape index (κ2) is 5.41. The van der Waals surface area contributed by atoms with Gasteiger partial charge in [0.15, 0.2) is 0 Å². The molecule has 0 fully saturated rings. The molecule has 3 heteroatoms. The predicted molar refractivity (Wildman–Crippen MR) is 66.1 cm³/mol. The number of aliphatic hydroxyl groups is 1. The lowest BCUT2D eigenvalue weighted by Crippen LogP contribution is -2.37. The standard InChI is InChI=1S/C13H22N2O/c1-4-13(2,3)12(16)11(8-14)10-6-5-7-15-9-10/h5-7,9,11-12,16H,4,8,14H2,1-3H3. The van der Waals surface area contributed by atoms with E-state index < -0.39 is 6.10 Å². The van der Waals surface area contributed by atoms with Crippen molar-refractivity contribution < 1.29 is 5.11 Å². The van der Waals surface area contributed by atoms with E-state index in [9.17, 15) is 5.11 Å². The molecule has 3 N–H and O–H groups in total. The summed E-state index contributed by atoms with van der Waals surface area (Å²) in [6.45, 7) is 6.66. The molecule has 0 aromatic carbocycles. The molecule has 0 amide bonds. The predicted octanol–water partition coefficient (Wildman–Crippen LogP) is 1.92. The molecule has 0 aliphatic heterocycles. The van der Waals surface area contributed by atoms with Crippen LogP contribution in [0, 0.1) is 5.41 Å². The van der Waals surface area contributed by atoms with Crippen LogP contribution in [-0.2, 0) is 0 Å². The lowest BCUT2D eigenvalue weighted by atomic mass is 9.75. The number of aliphatic hydroxyl groups excluding tert-OH is 1. The maximum atomic E-state index is 10.4. The lowest BCUT2D eigenvalue weighted by molar-refractivity contribution is 0.0264. The van der Waals surface area contributed by atoms with Gasteiger partial charge in [-0.1, -0.05) is 26.8 Å². The molecule has 0 radical (unpaired) electrons. The normalized spacial score (nSPS) is 15.8. The highest BCUT2D eigenvalue weighted by atomic mass is 16.3. The van der Waals surface area contributed by atoms with Crippen LogP contribution in [0.25, 0.3) is 0 Å². The molecule has 1 rings (SSSR count). The van der Waals surface area contributed by atoms with Gasteiger partial charge in [-0.15, -0.1) is 0 Å². The van der Waals surface area contributed by atoms with Crippen molar-refractivity contribution in [2.75, 3.05) is 6.54 Å².